The van der Waals surface area contributed by atoms with E-state index in [1.807, 2.05) is 30.5 Å². The van der Waals surface area contributed by atoms with Crippen LogP contribution in [0.25, 0.3) is 11.1 Å². The monoisotopic (exact) mass is 275 g/mol. The van der Waals surface area contributed by atoms with Crippen molar-refractivity contribution in [3.05, 3.63) is 52.4 Å². The Balaban J connectivity index is 2.64. The summed E-state index contributed by atoms with van der Waals surface area (Å²) in [4.78, 5) is 12.3. The Hall–Kier alpha value is -1.68. The molecule has 0 radical (unpaired) electrons. The van der Waals surface area contributed by atoms with E-state index < -0.39 is 10.8 Å². The zero-order chi connectivity index (χ0) is 14.0. The van der Waals surface area contributed by atoms with Crippen molar-refractivity contribution in [3.8, 4) is 11.1 Å². The maximum absolute atomic E-state index is 11.6. The van der Waals surface area contributed by atoms with Gasteiger partial charge in [-0.25, -0.2) is 0 Å². The molecule has 0 N–H and O–H groups in total. The molecule has 0 fully saturated rings. The lowest BCUT2D eigenvalue weighted by molar-refractivity contribution is 0.687. The van der Waals surface area contributed by atoms with Crippen LogP contribution >= 0.6 is 0 Å². The smallest absolute Gasteiger partial charge is 0.250 e. The lowest BCUT2D eigenvalue weighted by Crippen LogP contribution is -2.14. The molecule has 19 heavy (non-hydrogen) atoms. The Bertz CT molecular complexity index is 689. The zero-order valence-corrected chi connectivity index (χ0v) is 12.2. The largest absolute Gasteiger partial charge is 0.318 e. The van der Waals surface area contributed by atoms with Crippen molar-refractivity contribution in [3.63, 3.8) is 0 Å². The van der Waals surface area contributed by atoms with Crippen molar-refractivity contribution in [2.75, 3.05) is 6.26 Å². The van der Waals surface area contributed by atoms with Crippen LogP contribution in [-0.4, -0.2) is 15.0 Å². The molecular formula is C15H17NO2S. The van der Waals surface area contributed by atoms with Gasteiger partial charge >= 0.3 is 0 Å². The molecule has 2 rings (SSSR count). The molecule has 0 spiro atoms. The molecule has 1 heterocycles. The van der Waals surface area contributed by atoms with Gasteiger partial charge in [0.05, 0.1) is 0 Å². The van der Waals surface area contributed by atoms with Gasteiger partial charge in [0.2, 0.25) is 5.56 Å². The van der Waals surface area contributed by atoms with Gasteiger partial charge in [-0.15, -0.1) is 0 Å². The number of hydrogen-bond donors (Lipinski definition) is 0. The first kappa shape index (κ1) is 13.7. The van der Waals surface area contributed by atoms with E-state index in [9.17, 15) is 9.00 Å². The third-order valence-electron chi connectivity index (χ3n) is 3.19. The van der Waals surface area contributed by atoms with Gasteiger partial charge in [0.15, 0.2) is 0 Å². The van der Waals surface area contributed by atoms with Gasteiger partial charge < -0.3 is 4.57 Å². The molecular weight excluding hydrogens is 258 g/mol. The van der Waals surface area contributed by atoms with Crippen molar-refractivity contribution in [2.24, 2.45) is 7.05 Å². The summed E-state index contributed by atoms with van der Waals surface area (Å²) in [6.45, 7) is 2.09. The summed E-state index contributed by atoms with van der Waals surface area (Å²) in [7, 11) is 0.734. The van der Waals surface area contributed by atoms with E-state index in [4.69, 9.17) is 0 Å². The van der Waals surface area contributed by atoms with Gasteiger partial charge in [-0.05, 0) is 41.3 Å². The van der Waals surface area contributed by atoms with E-state index in [2.05, 4.69) is 6.92 Å². The topological polar surface area (TPSA) is 39.1 Å². The van der Waals surface area contributed by atoms with E-state index in [1.54, 1.807) is 23.9 Å². The number of aryl methyl sites for hydroxylation is 2. The van der Waals surface area contributed by atoms with Crippen LogP contribution in [0, 0.1) is 0 Å². The summed E-state index contributed by atoms with van der Waals surface area (Å²) in [5.41, 5.74) is 3.18. The Morgan fingerprint density at radius 1 is 1.21 bits per heavy atom. The van der Waals surface area contributed by atoms with Crippen LogP contribution in [0.3, 0.4) is 0 Å². The van der Waals surface area contributed by atoms with E-state index >= 15 is 0 Å². The molecule has 0 amide bonds. The van der Waals surface area contributed by atoms with Crippen molar-refractivity contribution < 1.29 is 4.21 Å². The quantitative estimate of drug-likeness (QED) is 0.862. The van der Waals surface area contributed by atoms with Gasteiger partial charge in [-0.3, -0.25) is 9.00 Å². The molecule has 0 aliphatic heterocycles. The number of rotatable bonds is 3. The number of nitrogens with zero attached hydrogens (tertiary/aromatic N) is 1. The zero-order valence-electron chi connectivity index (χ0n) is 11.3. The van der Waals surface area contributed by atoms with Crippen molar-refractivity contribution in [2.45, 2.75) is 18.2 Å². The normalized spacial score (nSPS) is 12.4. The first-order valence-electron chi connectivity index (χ1n) is 6.16. The number of aromatic nitrogens is 1. The lowest BCUT2D eigenvalue weighted by atomic mass is 9.99. The van der Waals surface area contributed by atoms with Crippen LogP contribution < -0.4 is 5.56 Å². The standard InChI is InChI=1S/C15H17NO2S/c1-4-11-5-7-13(19(3)18)9-14(11)12-6-8-15(17)16(2)10-12/h5-10H,4H2,1-3H3. The van der Waals surface area contributed by atoms with Crippen LogP contribution in [0.2, 0.25) is 0 Å². The average Bonchev–Trinajstić information content (AvgIpc) is 2.41. The molecule has 2 aromatic rings. The van der Waals surface area contributed by atoms with Crippen LogP contribution in [0.15, 0.2) is 46.2 Å². The molecule has 0 saturated heterocycles. The highest BCUT2D eigenvalue weighted by atomic mass is 32.2. The third-order valence-corrected chi connectivity index (χ3v) is 4.11. The van der Waals surface area contributed by atoms with Crippen LogP contribution in [-0.2, 0) is 24.3 Å². The molecule has 0 bridgehead atoms. The van der Waals surface area contributed by atoms with E-state index in [1.165, 1.54) is 5.56 Å². The molecule has 1 unspecified atom stereocenters. The average molecular weight is 275 g/mol. The second kappa shape index (κ2) is 5.53. The summed E-state index contributed by atoms with van der Waals surface area (Å²) in [6, 6.07) is 9.25. The molecule has 4 heteroatoms. The first-order valence-corrected chi connectivity index (χ1v) is 7.72. The van der Waals surface area contributed by atoms with E-state index in [-0.39, 0.29) is 5.56 Å². The fourth-order valence-electron chi connectivity index (χ4n) is 2.06. The van der Waals surface area contributed by atoms with Crippen LogP contribution in [0.5, 0.6) is 0 Å². The van der Waals surface area contributed by atoms with Gasteiger partial charge in [0, 0.05) is 41.3 Å². The minimum absolute atomic E-state index is 0.0305. The van der Waals surface area contributed by atoms with Crippen molar-refractivity contribution in [1.82, 2.24) is 4.57 Å². The molecule has 3 nitrogen and oxygen atoms in total. The Morgan fingerprint density at radius 3 is 2.53 bits per heavy atom. The highest BCUT2D eigenvalue weighted by molar-refractivity contribution is 7.84. The third kappa shape index (κ3) is 2.84. The Morgan fingerprint density at radius 2 is 1.95 bits per heavy atom. The highest BCUT2D eigenvalue weighted by Gasteiger charge is 2.08. The van der Waals surface area contributed by atoms with Crippen molar-refractivity contribution in [1.29, 1.82) is 0 Å². The number of hydrogen-bond acceptors (Lipinski definition) is 2. The first-order chi connectivity index (χ1) is 9.02. The predicted octanol–water partition coefficient (Wildman–Crippen LogP) is 2.35. The Kier molecular flexibility index (Phi) is 4.00. The summed E-state index contributed by atoms with van der Waals surface area (Å²) >= 11 is 0. The van der Waals surface area contributed by atoms with E-state index in [0.29, 0.717) is 0 Å². The summed E-state index contributed by atoms with van der Waals surface area (Å²) < 4.78 is 13.2. The predicted molar refractivity (Wildman–Crippen MR) is 78.8 cm³/mol. The maximum Gasteiger partial charge on any atom is 0.250 e. The van der Waals surface area contributed by atoms with Crippen molar-refractivity contribution >= 4 is 10.8 Å². The molecule has 100 valence electrons. The van der Waals surface area contributed by atoms with Gasteiger partial charge in [-0.1, -0.05) is 13.0 Å². The van der Waals surface area contributed by atoms with Gasteiger partial charge in [0.25, 0.3) is 0 Å². The molecule has 0 saturated carbocycles. The second-order valence-electron chi connectivity index (χ2n) is 4.49. The number of pyridine rings is 1. The van der Waals surface area contributed by atoms with Gasteiger partial charge in [-0.2, -0.15) is 0 Å². The van der Waals surface area contributed by atoms with E-state index in [0.717, 1.165) is 22.4 Å². The minimum Gasteiger partial charge on any atom is -0.318 e. The summed E-state index contributed by atoms with van der Waals surface area (Å²) in [5, 5.41) is 0. The lowest BCUT2D eigenvalue weighted by Gasteiger charge is -2.11. The fraction of sp³-hybridized carbons (Fsp3) is 0.267. The molecule has 1 aromatic heterocycles. The summed E-state index contributed by atoms with van der Waals surface area (Å²) in [6.07, 6.45) is 4.39. The van der Waals surface area contributed by atoms with Crippen LogP contribution in [0.4, 0.5) is 0 Å². The molecule has 0 aliphatic rings. The number of benzene rings is 1. The summed E-state index contributed by atoms with van der Waals surface area (Å²) in [5.74, 6) is 0. The SMILES string of the molecule is CCc1ccc(S(C)=O)cc1-c1ccc(=O)n(C)c1. The second-order valence-corrected chi connectivity index (χ2v) is 5.87. The fourth-order valence-corrected chi connectivity index (χ4v) is 2.61. The minimum atomic E-state index is -1.00. The highest BCUT2D eigenvalue weighted by Crippen LogP contribution is 2.25. The molecule has 1 aromatic carbocycles. The Labute approximate surface area is 115 Å². The molecule has 0 aliphatic carbocycles. The molecule has 1 atom stereocenters. The maximum atomic E-state index is 11.6. The van der Waals surface area contributed by atoms with Crippen LogP contribution in [0.1, 0.15) is 12.5 Å². The van der Waals surface area contributed by atoms with Gasteiger partial charge in [0.1, 0.15) is 0 Å².